The second-order valence-electron chi connectivity index (χ2n) is 7.25. The highest BCUT2D eigenvalue weighted by atomic mass is 16.2. The Kier molecular flexibility index (Phi) is 5.43. The standard InChI is InChI=1S/C23H23N5O2/c1-3-16(2)18-11-7-8-12-20(18)26-21(29)14-27-15-24-22-19(23(27)30)13-25-28(22)17-9-5-4-6-10-17/h4-13,15-16H,3,14H2,1-2H3,(H,26,29)/t16-/m0/s1. The summed E-state index contributed by atoms with van der Waals surface area (Å²) in [6.07, 6.45) is 3.86. The van der Waals surface area contributed by atoms with Crippen LogP contribution in [0.3, 0.4) is 0 Å². The van der Waals surface area contributed by atoms with Gasteiger partial charge in [-0.3, -0.25) is 14.2 Å². The third kappa shape index (κ3) is 3.74. The Morgan fingerprint density at radius 3 is 2.60 bits per heavy atom. The molecule has 1 amide bonds. The molecule has 0 unspecified atom stereocenters. The Balaban J connectivity index is 1.59. The van der Waals surface area contributed by atoms with Crippen LogP contribution in [0.2, 0.25) is 0 Å². The monoisotopic (exact) mass is 401 g/mol. The van der Waals surface area contributed by atoms with Crippen molar-refractivity contribution in [3.63, 3.8) is 0 Å². The minimum Gasteiger partial charge on any atom is -0.324 e. The molecule has 0 aliphatic carbocycles. The lowest BCUT2D eigenvalue weighted by Crippen LogP contribution is -2.28. The van der Waals surface area contributed by atoms with Crippen LogP contribution in [0.1, 0.15) is 31.7 Å². The van der Waals surface area contributed by atoms with Crippen LogP contribution in [-0.2, 0) is 11.3 Å². The van der Waals surface area contributed by atoms with E-state index in [2.05, 4.69) is 29.2 Å². The molecular weight excluding hydrogens is 378 g/mol. The minimum atomic E-state index is -0.299. The van der Waals surface area contributed by atoms with Gasteiger partial charge < -0.3 is 5.32 Å². The molecular formula is C23H23N5O2. The molecule has 2 aromatic heterocycles. The number of carbonyl (C=O) groups is 1. The van der Waals surface area contributed by atoms with Crippen LogP contribution in [-0.4, -0.2) is 25.2 Å². The Hall–Kier alpha value is -3.74. The average Bonchev–Trinajstić information content (AvgIpc) is 3.21. The van der Waals surface area contributed by atoms with Crippen molar-refractivity contribution in [3.8, 4) is 5.69 Å². The van der Waals surface area contributed by atoms with Crippen molar-refractivity contribution < 1.29 is 4.79 Å². The number of anilines is 1. The molecule has 4 aromatic rings. The first-order valence-corrected chi connectivity index (χ1v) is 9.96. The molecule has 152 valence electrons. The fraction of sp³-hybridized carbons (Fsp3) is 0.217. The zero-order valence-corrected chi connectivity index (χ0v) is 16.9. The van der Waals surface area contributed by atoms with Gasteiger partial charge in [-0.15, -0.1) is 0 Å². The Labute approximate surface area is 174 Å². The molecule has 0 radical (unpaired) electrons. The van der Waals surface area contributed by atoms with E-state index in [0.717, 1.165) is 23.4 Å². The van der Waals surface area contributed by atoms with Gasteiger partial charge in [0.15, 0.2) is 5.65 Å². The summed E-state index contributed by atoms with van der Waals surface area (Å²) < 4.78 is 2.92. The molecule has 2 aromatic carbocycles. The number of rotatable bonds is 6. The first kappa shape index (κ1) is 19.6. The highest BCUT2D eigenvalue weighted by Gasteiger charge is 2.15. The molecule has 1 N–H and O–H groups in total. The van der Waals surface area contributed by atoms with E-state index in [1.165, 1.54) is 17.1 Å². The third-order valence-corrected chi connectivity index (χ3v) is 5.25. The van der Waals surface area contributed by atoms with Crippen LogP contribution in [0, 0.1) is 0 Å². The lowest BCUT2D eigenvalue weighted by atomic mass is 9.97. The maximum absolute atomic E-state index is 12.9. The highest BCUT2D eigenvalue weighted by Crippen LogP contribution is 2.26. The number of nitrogens with one attached hydrogen (secondary N) is 1. The lowest BCUT2D eigenvalue weighted by Gasteiger charge is -2.16. The van der Waals surface area contributed by atoms with E-state index in [4.69, 9.17) is 0 Å². The summed E-state index contributed by atoms with van der Waals surface area (Å²) in [5.74, 6) is 0.0514. The molecule has 0 aliphatic rings. The summed E-state index contributed by atoms with van der Waals surface area (Å²) in [6, 6.07) is 17.2. The second kappa shape index (κ2) is 8.32. The van der Waals surface area contributed by atoms with Gasteiger partial charge in [-0.2, -0.15) is 5.10 Å². The van der Waals surface area contributed by atoms with Crippen molar-refractivity contribution >= 4 is 22.6 Å². The lowest BCUT2D eigenvalue weighted by molar-refractivity contribution is -0.116. The zero-order valence-electron chi connectivity index (χ0n) is 16.9. The average molecular weight is 401 g/mol. The molecule has 4 rings (SSSR count). The number of carbonyl (C=O) groups excluding carboxylic acids is 1. The number of amides is 1. The molecule has 7 heteroatoms. The maximum Gasteiger partial charge on any atom is 0.264 e. The Bertz CT molecular complexity index is 1240. The Morgan fingerprint density at radius 2 is 1.83 bits per heavy atom. The first-order valence-electron chi connectivity index (χ1n) is 9.96. The van der Waals surface area contributed by atoms with Crippen LogP contribution >= 0.6 is 0 Å². The van der Waals surface area contributed by atoms with Crippen molar-refractivity contribution in [1.29, 1.82) is 0 Å². The third-order valence-electron chi connectivity index (χ3n) is 5.25. The summed E-state index contributed by atoms with van der Waals surface area (Å²) in [5, 5.41) is 7.60. The summed E-state index contributed by atoms with van der Waals surface area (Å²) in [7, 11) is 0. The van der Waals surface area contributed by atoms with Gasteiger partial charge in [0.05, 0.1) is 11.9 Å². The van der Waals surface area contributed by atoms with Crippen LogP contribution in [0.15, 0.2) is 71.9 Å². The molecule has 1 atom stereocenters. The van der Waals surface area contributed by atoms with Gasteiger partial charge in [0, 0.05) is 5.69 Å². The van der Waals surface area contributed by atoms with Gasteiger partial charge >= 0.3 is 0 Å². The topological polar surface area (TPSA) is 81.8 Å². The summed E-state index contributed by atoms with van der Waals surface area (Å²) in [6.45, 7) is 4.12. The predicted octanol–water partition coefficient (Wildman–Crippen LogP) is 3.73. The van der Waals surface area contributed by atoms with Gasteiger partial charge in [-0.05, 0) is 36.1 Å². The summed E-state index contributed by atoms with van der Waals surface area (Å²) in [5.41, 5.74) is 2.84. The molecule has 0 bridgehead atoms. The molecule has 0 spiro atoms. The molecule has 7 nitrogen and oxygen atoms in total. The second-order valence-corrected chi connectivity index (χ2v) is 7.25. The number of aromatic nitrogens is 4. The molecule has 0 fully saturated rings. The molecule has 2 heterocycles. The van der Waals surface area contributed by atoms with Gasteiger partial charge in [0.25, 0.3) is 5.56 Å². The van der Waals surface area contributed by atoms with Crippen LogP contribution in [0.5, 0.6) is 0 Å². The van der Waals surface area contributed by atoms with E-state index in [0.29, 0.717) is 17.0 Å². The molecule has 0 saturated carbocycles. The van der Waals surface area contributed by atoms with Gasteiger partial charge in [-0.1, -0.05) is 50.2 Å². The highest BCUT2D eigenvalue weighted by molar-refractivity contribution is 5.91. The normalized spacial score (nSPS) is 12.1. The quantitative estimate of drug-likeness (QED) is 0.534. The number of hydrogen-bond donors (Lipinski definition) is 1. The summed E-state index contributed by atoms with van der Waals surface area (Å²) in [4.78, 5) is 29.9. The van der Waals surface area contributed by atoms with Gasteiger partial charge in [0.2, 0.25) is 5.91 Å². The minimum absolute atomic E-state index is 0.118. The van der Waals surface area contributed by atoms with Crippen LogP contribution in [0.25, 0.3) is 16.7 Å². The van der Waals surface area contributed by atoms with Crippen molar-refractivity contribution in [2.24, 2.45) is 0 Å². The number of nitrogens with zero attached hydrogens (tertiary/aromatic N) is 4. The van der Waals surface area contributed by atoms with Gasteiger partial charge in [-0.25, -0.2) is 9.67 Å². The smallest absolute Gasteiger partial charge is 0.264 e. The molecule has 0 aliphatic heterocycles. The van der Waals surface area contributed by atoms with E-state index in [1.54, 1.807) is 4.68 Å². The fourth-order valence-corrected chi connectivity index (χ4v) is 3.42. The van der Waals surface area contributed by atoms with Crippen molar-refractivity contribution in [2.45, 2.75) is 32.7 Å². The largest absolute Gasteiger partial charge is 0.324 e. The van der Waals surface area contributed by atoms with Crippen molar-refractivity contribution in [2.75, 3.05) is 5.32 Å². The van der Waals surface area contributed by atoms with E-state index in [-0.39, 0.29) is 18.0 Å². The van der Waals surface area contributed by atoms with E-state index in [9.17, 15) is 9.59 Å². The maximum atomic E-state index is 12.9. The van der Waals surface area contributed by atoms with Crippen molar-refractivity contribution in [3.05, 3.63) is 83.0 Å². The van der Waals surface area contributed by atoms with Crippen LogP contribution < -0.4 is 10.9 Å². The van der Waals surface area contributed by atoms with Crippen LogP contribution in [0.4, 0.5) is 5.69 Å². The fourth-order valence-electron chi connectivity index (χ4n) is 3.42. The number of benzene rings is 2. The molecule has 0 saturated heterocycles. The SMILES string of the molecule is CC[C@H](C)c1ccccc1NC(=O)Cn1cnc2c(cnn2-c2ccccc2)c1=O. The summed E-state index contributed by atoms with van der Waals surface area (Å²) >= 11 is 0. The van der Waals surface area contributed by atoms with E-state index >= 15 is 0 Å². The zero-order chi connectivity index (χ0) is 21.1. The predicted molar refractivity (Wildman–Crippen MR) is 117 cm³/mol. The number of hydrogen-bond acceptors (Lipinski definition) is 4. The number of fused-ring (bicyclic) bond motifs is 1. The van der Waals surface area contributed by atoms with Crippen molar-refractivity contribution in [1.82, 2.24) is 19.3 Å². The number of para-hydroxylation sites is 2. The van der Waals surface area contributed by atoms with E-state index < -0.39 is 0 Å². The molecule has 30 heavy (non-hydrogen) atoms. The Morgan fingerprint density at radius 1 is 1.10 bits per heavy atom. The van der Waals surface area contributed by atoms with Gasteiger partial charge in [0.1, 0.15) is 18.3 Å². The first-order chi connectivity index (χ1) is 14.6. The van der Waals surface area contributed by atoms with E-state index in [1.807, 2.05) is 54.6 Å².